The highest BCUT2D eigenvalue weighted by Gasteiger charge is 2.32. The third-order valence-corrected chi connectivity index (χ3v) is 5.95. The summed E-state index contributed by atoms with van der Waals surface area (Å²) in [5.41, 5.74) is 1.08. The SMILES string of the molecule is CNS(=O)(=O)c1ccccc1NC1CCC(C)(C)CC1C. The third kappa shape index (κ3) is 3.77. The Hall–Kier alpha value is -1.07. The predicted octanol–water partition coefficient (Wildman–Crippen LogP) is 3.22. The molecule has 1 aliphatic carbocycles. The van der Waals surface area contributed by atoms with Crippen molar-refractivity contribution in [2.45, 2.75) is 51.0 Å². The van der Waals surface area contributed by atoms with Crippen molar-refractivity contribution in [2.75, 3.05) is 12.4 Å². The van der Waals surface area contributed by atoms with Crippen LogP contribution in [0.5, 0.6) is 0 Å². The molecular formula is C16H26N2O2S. The van der Waals surface area contributed by atoms with Gasteiger partial charge in [0.2, 0.25) is 10.0 Å². The molecule has 4 nitrogen and oxygen atoms in total. The van der Waals surface area contributed by atoms with E-state index in [1.807, 2.05) is 12.1 Å². The van der Waals surface area contributed by atoms with Crippen molar-refractivity contribution >= 4 is 15.7 Å². The van der Waals surface area contributed by atoms with Gasteiger partial charge in [-0.1, -0.05) is 32.9 Å². The summed E-state index contributed by atoms with van der Waals surface area (Å²) in [6.07, 6.45) is 3.39. The van der Waals surface area contributed by atoms with Crippen LogP contribution < -0.4 is 10.0 Å². The third-order valence-electron chi connectivity index (χ3n) is 4.48. The minimum atomic E-state index is -3.43. The fourth-order valence-electron chi connectivity index (χ4n) is 3.29. The largest absolute Gasteiger partial charge is 0.381 e. The molecule has 0 spiro atoms. The zero-order chi connectivity index (χ0) is 15.7. The summed E-state index contributed by atoms with van der Waals surface area (Å²) in [7, 11) is -1.99. The topological polar surface area (TPSA) is 58.2 Å². The summed E-state index contributed by atoms with van der Waals surface area (Å²) in [5.74, 6) is 0.527. The van der Waals surface area contributed by atoms with Crippen LogP contribution in [0.3, 0.4) is 0 Å². The number of para-hydroxylation sites is 1. The second-order valence-corrected chi connectivity index (χ2v) is 8.69. The van der Waals surface area contributed by atoms with Gasteiger partial charge in [0, 0.05) is 6.04 Å². The molecule has 0 saturated heterocycles. The Balaban J connectivity index is 2.22. The van der Waals surface area contributed by atoms with Crippen molar-refractivity contribution in [3.05, 3.63) is 24.3 Å². The molecule has 0 heterocycles. The van der Waals surface area contributed by atoms with E-state index in [1.54, 1.807) is 12.1 Å². The molecule has 1 aliphatic rings. The summed E-state index contributed by atoms with van der Waals surface area (Å²) in [6.45, 7) is 6.85. The molecule has 5 heteroatoms. The van der Waals surface area contributed by atoms with Gasteiger partial charge in [0.1, 0.15) is 4.90 Å². The number of nitrogens with one attached hydrogen (secondary N) is 2. The molecule has 1 saturated carbocycles. The zero-order valence-electron chi connectivity index (χ0n) is 13.3. The van der Waals surface area contributed by atoms with Crippen LogP contribution in [0, 0.1) is 11.3 Å². The van der Waals surface area contributed by atoms with E-state index in [0.29, 0.717) is 28.0 Å². The van der Waals surface area contributed by atoms with Crippen LogP contribution in [0.25, 0.3) is 0 Å². The highest BCUT2D eigenvalue weighted by molar-refractivity contribution is 7.89. The molecule has 0 bridgehead atoms. The van der Waals surface area contributed by atoms with Gasteiger partial charge in [-0.05, 0) is 49.8 Å². The van der Waals surface area contributed by atoms with E-state index in [4.69, 9.17) is 0 Å². The van der Waals surface area contributed by atoms with Crippen molar-refractivity contribution in [2.24, 2.45) is 11.3 Å². The zero-order valence-corrected chi connectivity index (χ0v) is 14.1. The van der Waals surface area contributed by atoms with Crippen LogP contribution in [0.1, 0.15) is 40.0 Å². The van der Waals surface area contributed by atoms with Gasteiger partial charge in [0.25, 0.3) is 0 Å². The fraction of sp³-hybridized carbons (Fsp3) is 0.625. The Kier molecular flexibility index (Phi) is 4.63. The van der Waals surface area contributed by atoms with E-state index in [1.165, 1.54) is 7.05 Å². The maximum absolute atomic E-state index is 12.1. The van der Waals surface area contributed by atoms with Crippen LogP contribution >= 0.6 is 0 Å². The number of rotatable bonds is 4. The van der Waals surface area contributed by atoms with Gasteiger partial charge in [-0.2, -0.15) is 0 Å². The van der Waals surface area contributed by atoms with Gasteiger partial charge in [0.15, 0.2) is 0 Å². The summed E-state index contributed by atoms with van der Waals surface area (Å²) in [4.78, 5) is 0.324. The van der Waals surface area contributed by atoms with E-state index in [2.05, 4.69) is 30.8 Å². The first-order chi connectivity index (χ1) is 9.75. The first-order valence-electron chi connectivity index (χ1n) is 7.54. The van der Waals surface area contributed by atoms with E-state index in [0.717, 1.165) is 19.3 Å². The molecule has 0 aliphatic heterocycles. The van der Waals surface area contributed by atoms with Gasteiger partial charge < -0.3 is 5.32 Å². The molecule has 2 rings (SSSR count). The Morgan fingerprint density at radius 2 is 1.90 bits per heavy atom. The maximum atomic E-state index is 12.1. The van der Waals surface area contributed by atoms with E-state index in [9.17, 15) is 8.42 Å². The Labute approximate surface area is 128 Å². The van der Waals surface area contributed by atoms with Crippen molar-refractivity contribution in [1.29, 1.82) is 0 Å². The van der Waals surface area contributed by atoms with Crippen LogP contribution in [-0.4, -0.2) is 21.5 Å². The van der Waals surface area contributed by atoms with E-state index < -0.39 is 10.0 Å². The van der Waals surface area contributed by atoms with Crippen LogP contribution in [0.4, 0.5) is 5.69 Å². The molecular weight excluding hydrogens is 284 g/mol. The average Bonchev–Trinajstić information content (AvgIpc) is 2.42. The Morgan fingerprint density at radius 1 is 1.24 bits per heavy atom. The molecule has 0 amide bonds. The van der Waals surface area contributed by atoms with Crippen LogP contribution in [-0.2, 0) is 10.0 Å². The lowest BCUT2D eigenvalue weighted by molar-refractivity contribution is 0.177. The van der Waals surface area contributed by atoms with Gasteiger partial charge in [-0.15, -0.1) is 0 Å². The van der Waals surface area contributed by atoms with Gasteiger partial charge in [-0.3, -0.25) is 0 Å². The number of hydrogen-bond donors (Lipinski definition) is 2. The molecule has 2 atom stereocenters. The smallest absolute Gasteiger partial charge is 0.242 e. The van der Waals surface area contributed by atoms with Crippen LogP contribution in [0.15, 0.2) is 29.2 Å². The monoisotopic (exact) mass is 310 g/mol. The Morgan fingerprint density at radius 3 is 2.52 bits per heavy atom. The average molecular weight is 310 g/mol. The van der Waals surface area contributed by atoms with Crippen LogP contribution in [0.2, 0.25) is 0 Å². The lowest BCUT2D eigenvalue weighted by Crippen LogP contribution is -2.37. The molecule has 1 fully saturated rings. The van der Waals surface area contributed by atoms with E-state index in [-0.39, 0.29) is 0 Å². The maximum Gasteiger partial charge on any atom is 0.242 e. The van der Waals surface area contributed by atoms with Crippen molar-refractivity contribution in [3.63, 3.8) is 0 Å². The van der Waals surface area contributed by atoms with Gasteiger partial charge in [-0.25, -0.2) is 13.1 Å². The second-order valence-electron chi connectivity index (χ2n) is 6.84. The molecule has 0 radical (unpaired) electrons. The van der Waals surface area contributed by atoms with Crippen molar-refractivity contribution in [1.82, 2.24) is 4.72 Å². The molecule has 1 aromatic rings. The molecule has 118 valence electrons. The van der Waals surface area contributed by atoms with Gasteiger partial charge in [0.05, 0.1) is 5.69 Å². The molecule has 0 aromatic heterocycles. The normalized spacial score (nSPS) is 25.5. The van der Waals surface area contributed by atoms with Crippen molar-refractivity contribution < 1.29 is 8.42 Å². The highest BCUT2D eigenvalue weighted by atomic mass is 32.2. The first-order valence-corrected chi connectivity index (χ1v) is 9.03. The summed E-state index contributed by atoms with van der Waals surface area (Å²) < 4.78 is 26.6. The van der Waals surface area contributed by atoms with Gasteiger partial charge >= 0.3 is 0 Å². The fourth-order valence-corrected chi connectivity index (χ4v) is 4.19. The molecule has 2 N–H and O–H groups in total. The molecule has 1 aromatic carbocycles. The minimum absolute atomic E-state index is 0.324. The first kappa shape index (κ1) is 16.3. The quantitative estimate of drug-likeness (QED) is 0.897. The second kappa shape index (κ2) is 5.97. The summed E-state index contributed by atoms with van der Waals surface area (Å²) >= 11 is 0. The highest BCUT2D eigenvalue weighted by Crippen LogP contribution is 2.40. The Bertz CT molecular complexity index is 596. The number of sulfonamides is 1. The molecule has 2 unspecified atom stereocenters. The number of hydrogen-bond acceptors (Lipinski definition) is 3. The van der Waals surface area contributed by atoms with E-state index >= 15 is 0 Å². The number of benzene rings is 1. The summed E-state index contributed by atoms with van der Waals surface area (Å²) in [6, 6.07) is 7.44. The summed E-state index contributed by atoms with van der Waals surface area (Å²) in [5, 5.41) is 3.46. The standard InChI is InChI=1S/C16H26N2O2S/c1-12-11-16(2,3)10-9-13(12)18-14-7-5-6-8-15(14)21(19,20)17-4/h5-8,12-13,17-18H,9-11H2,1-4H3. The number of anilines is 1. The minimum Gasteiger partial charge on any atom is -0.381 e. The molecule has 21 heavy (non-hydrogen) atoms. The lowest BCUT2D eigenvalue weighted by atomic mass is 9.70. The van der Waals surface area contributed by atoms with Crippen molar-refractivity contribution in [3.8, 4) is 0 Å². The lowest BCUT2D eigenvalue weighted by Gasteiger charge is -2.40. The predicted molar refractivity (Wildman–Crippen MR) is 86.9 cm³/mol.